The highest BCUT2D eigenvalue weighted by molar-refractivity contribution is 5.47. The van der Waals surface area contributed by atoms with Gasteiger partial charge in [0.1, 0.15) is 11.6 Å². The van der Waals surface area contributed by atoms with Crippen LogP contribution in [0.3, 0.4) is 0 Å². The van der Waals surface area contributed by atoms with Gasteiger partial charge in [-0.05, 0) is 49.4 Å². The summed E-state index contributed by atoms with van der Waals surface area (Å²) in [6, 6.07) is 6.69. The van der Waals surface area contributed by atoms with E-state index in [9.17, 15) is 13.2 Å². The number of aryl methyl sites for hydroxylation is 2. The SMILES string of the molecule is Cc1cc(NC2CCc3cc(F)ccc3C2)n2nc(C(C)(F)F)nc2n1. The molecule has 0 radical (unpaired) electrons. The van der Waals surface area contributed by atoms with Gasteiger partial charge in [-0.15, -0.1) is 5.10 Å². The number of benzene rings is 1. The van der Waals surface area contributed by atoms with E-state index in [1.165, 1.54) is 10.6 Å². The lowest BCUT2D eigenvalue weighted by Gasteiger charge is -2.26. The Morgan fingerprint density at radius 1 is 1.19 bits per heavy atom. The highest BCUT2D eigenvalue weighted by Crippen LogP contribution is 2.27. The molecule has 0 amide bonds. The number of rotatable bonds is 3. The molecule has 1 unspecified atom stereocenters. The highest BCUT2D eigenvalue weighted by atomic mass is 19.3. The summed E-state index contributed by atoms with van der Waals surface area (Å²) in [4.78, 5) is 8.04. The van der Waals surface area contributed by atoms with Crippen molar-refractivity contribution in [2.45, 2.75) is 45.1 Å². The molecule has 0 saturated carbocycles. The van der Waals surface area contributed by atoms with Gasteiger partial charge in [-0.3, -0.25) is 0 Å². The van der Waals surface area contributed by atoms with Crippen molar-refractivity contribution in [1.29, 1.82) is 0 Å². The summed E-state index contributed by atoms with van der Waals surface area (Å²) in [5.74, 6) is -3.19. The Kier molecular flexibility index (Phi) is 3.86. The number of hydrogen-bond acceptors (Lipinski definition) is 4. The maximum absolute atomic E-state index is 13.6. The number of halogens is 3. The van der Waals surface area contributed by atoms with Crippen LogP contribution >= 0.6 is 0 Å². The van der Waals surface area contributed by atoms with Crippen LogP contribution in [0.15, 0.2) is 24.3 Å². The van der Waals surface area contributed by atoms with Gasteiger partial charge in [-0.2, -0.15) is 18.3 Å². The molecule has 0 aliphatic heterocycles. The van der Waals surface area contributed by atoms with Crippen molar-refractivity contribution >= 4 is 11.6 Å². The van der Waals surface area contributed by atoms with Crippen LogP contribution in [0.25, 0.3) is 5.78 Å². The van der Waals surface area contributed by atoms with Crippen LogP contribution in [0.2, 0.25) is 0 Å². The van der Waals surface area contributed by atoms with Crippen LogP contribution in [0, 0.1) is 12.7 Å². The first-order chi connectivity index (χ1) is 12.3. The van der Waals surface area contributed by atoms with Crippen molar-refractivity contribution in [2.75, 3.05) is 5.32 Å². The molecular formula is C18H18F3N5. The number of hydrogen-bond donors (Lipinski definition) is 1. The predicted molar refractivity (Wildman–Crippen MR) is 90.9 cm³/mol. The molecule has 1 aromatic carbocycles. The van der Waals surface area contributed by atoms with E-state index in [0.29, 0.717) is 11.5 Å². The Morgan fingerprint density at radius 2 is 2.00 bits per heavy atom. The molecule has 0 bridgehead atoms. The minimum atomic E-state index is -3.13. The van der Waals surface area contributed by atoms with Gasteiger partial charge < -0.3 is 5.32 Å². The smallest absolute Gasteiger partial charge is 0.305 e. The van der Waals surface area contributed by atoms with Crippen molar-refractivity contribution in [3.05, 3.63) is 52.7 Å². The van der Waals surface area contributed by atoms with E-state index in [2.05, 4.69) is 20.4 Å². The fourth-order valence-electron chi connectivity index (χ4n) is 3.33. The van der Waals surface area contributed by atoms with Crippen molar-refractivity contribution < 1.29 is 13.2 Å². The Hall–Kier alpha value is -2.64. The molecule has 1 aliphatic rings. The molecule has 0 spiro atoms. The van der Waals surface area contributed by atoms with Crippen LogP contribution in [0.5, 0.6) is 0 Å². The maximum atomic E-state index is 13.6. The zero-order chi connectivity index (χ0) is 18.5. The molecule has 2 aromatic heterocycles. The summed E-state index contributed by atoms with van der Waals surface area (Å²) in [5.41, 5.74) is 2.78. The molecule has 2 heterocycles. The van der Waals surface area contributed by atoms with Crippen molar-refractivity contribution in [2.24, 2.45) is 0 Å². The molecule has 1 aliphatic carbocycles. The quantitative estimate of drug-likeness (QED) is 0.774. The maximum Gasteiger partial charge on any atom is 0.305 e. The number of nitrogens with zero attached hydrogens (tertiary/aromatic N) is 4. The molecule has 3 aromatic rings. The first-order valence-electron chi connectivity index (χ1n) is 8.46. The van der Waals surface area contributed by atoms with Gasteiger partial charge in [0.15, 0.2) is 0 Å². The van der Waals surface area contributed by atoms with E-state index in [-0.39, 0.29) is 17.6 Å². The number of alkyl halides is 2. The molecule has 0 fully saturated rings. The Balaban J connectivity index is 1.65. The second-order valence-electron chi connectivity index (χ2n) is 6.82. The molecule has 8 heteroatoms. The summed E-state index contributed by atoms with van der Waals surface area (Å²) < 4.78 is 41.8. The first kappa shape index (κ1) is 16.8. The molecule has 4 rings (SSSR count). The molecule has 5 nitrogen and oxygen atoms in total. The normalized spacial score (nSPS) is 17.3. The van der Waals surface area contributed by atoms with Crippen LogP contribution in [0.1, 0.15) is 36.0 Å². The first-order valence-corrected chi connectivity index (χ1v) is 8.46. The average Bonchev–Trinajstić information content (AvgIpc) is 2.99. The number of fused-ring (bicyclic) bond motifs is 2. The third-order valence-electron chi connectivity index (χ3n) is 4.58. The lowest BCUT2D eigenvalue weighted by atomic mass is 9.88. The van der Waals surface area contributed by atoms with Gasteiger partial charge in [-0.25, -0.2) is 9.37 Å². The van der Waals surface area contributed by atoms with Crippen LogP contribution in [-0.2, 0) is 18.8 Å². The van der Waals surface area contributed by atoms with E-state index >= 15 is 0 Å². The Morgan fingerprint density at radius 3 is 2.77 bits per heavy atom. The monoisotopic (exact) mass is 361 g/mol. The van der Waals surface area contributed by atoms with Crippen LogP contribution in [-0.4, -0.2) is 25.6 Å². The molecule has 26 heavy (non-hydrogen) atoms. The van der Waals surface area contributed by atoms with E-state index in [1.54, 1.807) is 25.1 Å². The third kappa shape index (κ3) is 3.11. The summed E-state index contributed by atoms with van der Waals surface area (Å²) in [7, 11) is 0. The highest BCUT2D eigenvalue weighted by Gasteiger charge is 2.31. The minimum Gasteiger partial charge on any atom is -0.367 e. The standard InChI is InChI=1S/C18H18F3N5/c1-10-7-15(26-17(22-10)24-16(25-26)18(2,20)21)23-14-6-4-11-8-13(19)5-3-12(11)9-14/h3,5,7-8,14,23H,4,6,9H2,1-2H3. The Labute approximate surface area is 148 Å². The summed E-state index contributed by atoms with van der Waals surface area (Å²) in [5, 5.41) is 7.29. The predicted octanol–water partition coefficient (Wildman–Crippen LogP) is 3.65. The number of anilines is 1. The zero-order valence-corrected chi connectivity index (χ0v) is 14.4. The van der Waals surface area contributed by atoms with Gasteiger partial charge in [0.25, 0.3) is 5.78 Å². The van der Waals surface area contributed by atoms with E-state index < -0.39 is 11.7 Å². The Bertz CT molecular complexity index is 977. The van der Waals surface area contributed by atoms with E-state index in [4.69, 9.17) is 0 Å². The van der Waals surface area contributed by atoms with Crippen molar-refractivity contribution in [3.63, 3.8) is 0 Å². The third-order valence-corrected chi connectivity index (χ3v) is 4.58. The van der Waals surface area contributed by atoms with Gasteiger partial charge in [-0.1, -0.05) is 6.07 Å². The number of aromatic nitrogens is 4. The van der Waals surface area contributed by atoms with Crippen LogP contribution in [0.4, 0.5) is 19.0 Å². The summed E-state index contributed by atoms with van der Waals surface area (Å²) >= 11 is 0. The minimum absolute atomic E-state index is 0.0905. The fraction of sp³-hybridized carbons (Fsp3) is 0.389. The number of nitrogens with one attached hydrogen (secondary N) is 1. The molecule has 1 N–H and O–H groups in total. The van der Waals surface area contributed by atoms with E-state index in [0.717, 1.165) is 37.3 Å². The largest absolute Gasteiger partial charge is 0.367 e. The lowest BCUT2D eigenvalue weighted by Crippen LogP contribution is -2.28. The fourth-order valence-corrected chi connectivity index (χ4v) is 3.33. The molecule has 1 atom stereocenters. The van der Waals surface area contributed by atoms with Gasteiger partial charge in [0.2, 0.25) is 5.82 Å². The average molecular weight is 361 g/mol. The second kappa shape index (κ2) is 5.96. The van der Waals surface area contributed by atoms with Crippen molar-refractivity contribution in [3.8, 4) is 0 Å². The van der Waals surface area contributed by atoms with Crippen molar-refractivity contribution in [1.82, 2.24) is 19.6 Å². The van der Waals surface area contributed by atoms with Gasteiger partial charge in [0.05, 0.1) is 0 Å². The van der Waals surface area contributed by atoms with E-state index in [1.807, 2.05) is 0 Å². The zero-order valence-electron chi connectivity index (χ0n) is 14.4. The lowest BCUT2D eigenvalue weighted by molar-refractivity contribution is 0.00800. The van der Waals surface area contributed by atoms with Crippen LogP contribution < -0.4 is 5.32 Å². The summed E-state index contributed by atoms with van der Waals surface area (Å²) in [6.45, 7) is 2.54. The second-order valence-corrected chi connectivity index (χ2v) is 6.82. The van der Waals surface area contributed by atoms with Gasteiger partial charge >= 0.3 is 5.92 Å². The topological polar surface area (TPSA) is 55.1 Å². The molecular weight excluding hydrogens is 343 g/mol. The van der Waals surface area contributed by atoms with Gasteiger partial charge in [0, 0.05) is 24.7 Å². The molecule has 136 valence electrons. The molecule has 0 saturated heterocycles. The summed E-state index contributed by atoms with van der Waals surface area (Å²) in [6.07, 6.45) is 2.29.